The molecule has 0 spiro atoms. The molecule has 3 rings (SSSR count). The van der Waals surface area contributed by atoms with E-state index in [1.807, 2.05) is 17.9 Å². The summed E-state index contributed by atoms with van der Waals surface area (Å²) in [5, 5.41) is 9.81. The highest BCUT2D eigenvalue weighted by atomic mass is 35.5. The molecule has 1 aromatic rings. The second kappa shape index (κ2) is 7.10. The average Bonchev–Trinajstić information content (AvgIpc) is 2.51. The summed E-state index contributed by atoms with van der Waals surface area (Å²) >= 11 is 6.33. The number of likely N-dealkylation sites (tertiary alicyclic amines) is 1. The third-order valence-corrected chi connectivity index (χ3v) is 5.34. The second-order valence-electron chi connectivity index (χ2n) is 6.74. The number of nitrogens with zero attached hydrogens (tertiary/aromatic N) is 1. The van der Waals surface area contributed by atoms with Gasteiger partial charge < -0.3 is 14.7 Å². The van der Waals surface area contributed by atoms with E-state index in [9.17, 15) is 9.90 Å². The van der Waals surface area contributed by atoms with Crippen molar-refractivity contribution in [1.82, 2.24) is 4.90 Å². The molecular weight excluding hydrogens is 314 g/mol. The fourth-order valence-electron chi connectivity index (χ4n) is 3.19. The zero-order chi connectivity index (χ0) is 16.4. The molecule has 2 unspecified atom stereocenters. The van der Waals surface area contributed by atoms with Crippen LogP contribution in [-0.4, -0.2) is 41.2 Å². The van der Waals surface area contributed by atoms with Crippen LogP contribution in [0.2, 0.25) is 5.02 Å². The Kier molecular flexibility index (Phi) is 5.12. The van der Waals surface area contributed by atoms with Gasteiger partial charge in [0.25, 0.3) is 5.91 Å². The van der Waals surface area contributed by atoms with Crippen molar-refractivity contribution in [2.45, 2.75) is 51.2 Å². The van der Waals surface area contributed by atoms with Gasteiger partial charge in [-0.3, -0.25) is 4.79 Å². The van der Waals surface area contributed by atoms with Gasteiger partial charge in [0.05, 0.1) is 16.7 Å². The Balaban J connectivity index is 1.73. The number of ether oxygens (including phenoxy) is 1. The summed E-state index contributed by atoms with van der Waals surface area (Å²) in [6, 6.07) is 5.50. The number of benzene rings is 1. The van der Waals surface area contributed by atoms with Gasteiger partial charge in [-0.15, -0.1) is 0 Å². The summed E-state index contributed by atoms with van der Waals surface area (Å²) in [5.41, 5.74) is 0.512. The number of aliphatic hydroxyl groups excluding tert-OH is 1. The van der Waals surface area contributed by atoms with E-state index in [-0.39, 0.29) is 24.5 Å². The highest BCUT2D eigenvalue weighted by molar-refractivity contribution is 6.34. The molecule has 0 radical (unpaired) electrons. The lowest BCUT2D eigenvalue weighted by atomic mass is 9.93. The third kappa shape index (κ3) is 3.64. The smallest absolute Gasteiger partial charge is 0.255 e. The maximum atomic E-state index is 12.8. The van der Waals surface area contributed by atoms with Gasteiger partial charge in [0.2, 0.25) is 0 Å². The number of hydrogen-bond donors (Lipinski definition) is 1. The van der Waals surface area contributed by atoms with E-state index >= 15 is 0 Å². The summed E-state index contributed by atoms with van der Waals surface area (Å²) in [7, 11) is 0. The Labute approximate surface area is 142 Å². The van der Waals surface area contributed by atoms with Crippen LogP contribution in [0.3, 0.4) is 0 Å². The van der Waals surface area contributed by atoms with Crippen LogP contribution in [0, 0.1) is 5.92 Å². The number of carbonyl (C=O) groups excluding carboxylic acids is 1. The zero-order valence-electron chi connectivity index (χ0n) is 13.5. The van der Waals surface area contributed by atoms with E-state index in [0.29, 0.717) is 23.2 Å². The van der Waals surface area contributed by atoms with Crippen molar-refractivity contribution in [3.05, 3.63) is 28.8 Å². The van der Waals surface area contributed by atoms with E-state index in [0.717, 1.165) is 31.4 Å². The zero-order valence-corrected chi connectivity index (χ0v) is 14.3. The number of halogens is 1. The van der Waals surface area contributed by atoms with E-state index in [1.165, 1.54) is 6.42 Å². The lowest BCUT2D eigenvalue weighted by Gasteiger charge is -2.37. The predicted octanol–water partition coefficient (Wildman–Crippen LogP) is 3.50. The lowest BCUT2D eigenvalue weighted by molar-refractivity contribution is 0.0489. The molecule has 1 aromatic carbocycles. The number of carbonyl (C=O) groups is 1. The third-order valence-electron chi connectivity index (χ3n) is 5.02. The number of piperidine rings is 1. The average molecular weight is 338 g/mol. The van der Waals surface area contributed by atoms with Crippen molar-refractivity contribution >= 4 is 17.5 Å². The highest BCUT2D eigenvalue weighted by Crippen LogP contribution is 2.30. The van der Waals surface area contributed by atoms with E-state index in [1.54, 1.807) is 12.1 Å². The molecule has 2 aliphatic rings. The molecule has 1 saturated carbocycles. The van der Waals surface area contributed by atoms with Crippen LogP contribution >= 0.6 is 11.6 Å². The maximum absolute atomic E-state index is 12.8. The van der Waals surface area contributed by atoms with Gasteiger partial charge in [-0.1, -0.05) is 11.6 Å². The van der Waals surface area contributed by atoms with Gasteiger partial charge in [-0.05, 0) is 63.1 Å². The van der Waals surface area contributed by atoms with Gasteiger partial charge in [0.15, 0.2) is 0 Å². The first kappa shape index (κ1) is 16.6. The molecule has 2 fully saturated rings. The Bertz CT molecular complexity index is 573. The van der Waals surface area contributed by atoms with Gasteiger partial charge in [0.1, 0.15) is 5.75 Å². The van der Waals surface area contributed by atoms with Gasteiger partial charge >= 0.3 is 0 Å². The molecule has 5 heteroatoms. The monoisotopic (exact) mass is 337 g/mol. The van der Waals surface area contributed by atoms with Crippen LogP contribution in [0.15, 0.2) is 18.2 Å². The minimum Gasteiger partial charge on any atom is -0.490 e. The van der Waals surface area contributed by atoms with E-state index < -0.39 is 0 Å². The van der Waals surface area contributed by atoms with Crippen molar-refractivity contribution in [2.24, 2.45) is 5.92 Å². The number of amides is 1. The van der Waals surface area contributed by atoms with Crippen molar-refractivity contribution < 1.29 is 14.6 Å². The van der Waals surface area contributed by atoms with Gasteiger partial charge in [0, 0.05) is 19.2 Å². The topological polar surface area (TPSA) is 49.8 Å². The minimum atomic E-state index is -0.0594. The van der Waals surface area contributed by atoms with Crippen LogP contribution in [-0.2, 0) is 0 Å². The SMILES string of the molecule is CC1CCC(CO)CN1C(=O)c1ccc(OC2CCC2)cc1Cl. The molecule has 1 aliphatic carbocycles. The number of aliphatic hydroxyl groups is 1. The van der Waals surface area contributed by atoms with E-state index in [2.05, 4.69) is 0 Å². The van der Waals surface area contributed by atoms with Crippen LogP contribution in [0.4, 0.5) is 0 Å². The predicted molar refractivity (Wildman–Crippen MR) is 90.0 cm³/mol. The molecule has 1 saturated heterocycles. The summed E-state index contributed by atoms with van der Waals surface area (Å²) in [6.45, 7) is 2.76. The molecule has 4 nitrogen and oxygen atoms in total. The maximum Gasteiger partial charge on any atom is 0.255 e. The van der Waals surface area contributed by atoms with Gasteiger partial charge in [-0.2, -0.15) is 0 Å². The first-order valence-electron chi connectivity index (χ1n) is 8.46. The van der Waals surface area contributed by atoms with Crippen LogP contribution < -0.4 is 4.74 Å². The second-order valence-corrected chi connectivity index (χ2v) is 7.15. The minimum absolute atomic E-state index is 0.0594. The molecule has 23 heavy (non-hydrogen) atoms. The molecular formula is C18H24ClNO3. The van der Waals surface area contributed by atoms with Crippen LogP contribution in [0.25, 0.3) is 0 Å². The van der Waals surface area contributed by atoms with Crippen molar-refractivity contribution in [2.75, 3.05) is 13.2 Å². The number of rotatable bonds is 4. The summed E-state index contributed by atoms with van der Waals surface area (Å²) < 4.78 is 5.82. The fourth-order valence-corrected chi connectivity index (χ4v) is 3.44. The first-order chi connectivity index (χ1) is 11.1. The number of hydrogen-bond acceptors (Lipinski definition) is 3. The molecule has 0 aromatic heterocycles. The van der Waals surface area contributed by atoms with Crippen molar-refractivity contribution in [3.8, 4) is 5.75 Å². The van der Waals surface area contributed by atoms with Crippen molar-refractivity contribution in [3.63, 3.8) is 0 Å². The first-order valence-corrected chi connectivity index (χ1v) is 8.84. The lowest BCUT2D eigenvalue weighted by Crippen LogP contribution is -2.46. The largest absolute Gasteiger partial charge is 0.490 e. The Morgan fingerprint density at radius 1 is 1.35 bits per heavy atom. The summed E-state index contributed by atoms with van der Waals surface area (Å²) in [4.78, 5) is 14.6. The molecule has 1 N–H and O–H groups in total. The van der Waals surface area contributed by atoms with Crippen LogP contribution in [0.5, 0.6) is 5.75 Å². The molecule has 0 bridgehead atoms. The Morgan fingerprint density at radius 2 is 2.13 bits per heavy atom. The Morgan fingerprint density at radius 3 is 2.74 bits per heavy atom. The van der Waals surface area contributed by atoms with Crippen molar-refractivity contribution in [1.29, 1.82) is 0 Å². The highest BCUT2D eigenvalue weighted by Gasteiger charge is 2.30. The summed E-state index contributed by atoms with van der Waals surface area (Å²) in [6.07, 6.45) is 5.56. The molecule has 126 valence electrons. The Hall–Kier alpha value is -1.26. The molecule has 1 heterocycles. The quantitative estimate of drug-likeness (QED) is 0.914. The summed E-state index contributed by atoms with van der Waals surface area (Å²) in [5.74, 6) is 0.835. The molecule has 2 atom stereocenters. The van der Waals surface area contributed by atoms with Crippen LogP contribution in [0.1, 0.15) is 49.4 Å². The normalized spacial score (nSPS) is 25.1. The standard InChI is InChI=1S/C18H24ClNO3/c1-12-5-6-13(11-21)10-20(12)18(22)16-8-7-15(9-17(16)19)23-14-3-2-4-14/h7-9,12-14,21H,2-6,10-11H2,1H3. The van der Waals surface area contributed by atoms with E-state index in [4.69, 9.17) is 16.3 Å². The molecule has 1 aliphatic heterocycles. The molecule has 1 amide bonds. The fraction of sp³-hybridized carbons (Fsp3) is 0.611. The van der Waals surface area contributed by atoms with Gasteiger partial charge in [-0.25, -0.2) is 0 Å².